The minimum absolute atomic E-state index is 0.376. The molecule has 20 heavy (non-hydrogen) atoms. The maximum Gasteiger partial charge on any atom is 0.198 e. The summed E-state index contributed by atoms with van der Waals surface area (Å²) in [6.45, 7) is 0. The number of aromatic nitrogens is 2. The van der Waals surface area contributed by atoms with Gasteiger partial charge in [0.05, 0.1) is 10.2 Å². The van der Waals surface area contributed by atoms with E-state index in [-0.39, 0.29) is 0 Å². The smallest absolute Gasteiger partial charge is 0.198 e. The number of nitrogens with zero attached hydrogens (tertiary/aromatic N) is 2. The average Bonchev–Trinajstić information content (AvgIpc) is 2.89. The highest BCUT2D eigenvalue weighted by Gasteiger charge is 2.15. The van der Waals surface area contributed by atoms with Crippen molar-refractivity contribution in [3.05, 3.63) is 51.6 Å². The molecule has 100 valence electrons. The average molecular weight is 395 g/mol. The van der Waals surface area contributed by atoms with Crippen molar-refractivity contribution >= 4 is 37.7 Å². The number of furan rings is 1. The maximum absolute atomic E-state index is 5.95. The van der Waals surface area contributed by atoms with Gasteiger partial charge in [0.15, 0.2) is 16.3 Å². The van der Waals surface area contributed by atoms with Crippen LogP contribution in [-0.4, -0.2) is 9.97 Å². The van der Waals surface area contributed by atoms with Crippen molar-refractivity contribution in [2.75, 3.05) is 5.73 Å². The number of hydrogen-bond acceptors (Lipinski definition) is 4. The van der Waals surface area contributed by atoms with Crippen LogP contribution < -0.4 is 5.73 Å². The van der Waals surface area contributed by atoms with E-state index in [1.807, 2.05) is 30.3 Å². The van der Waals surface area contributed by atoms with Gasteiger partial charge in [-0.15, -0.1) is 0 Å². The Labute approximate surface area is 132 Å². The molecule has 2 heterocycles. The van der Waals surface area contributed by atoms with Crippen molar-refractivity contribution in [1.82, 2.24) is 9.97 Å². The molecule has 0 fully saturated rings. The Bertz CT molecular complexity index is 756. The van der Waals surface area contributed by atoms with E-state index < -0.39 is 0 Å². The van der Waals surface area contributed by atoms with Gasteiger partial charge in [0, 0.05) is 5.56 Å². The standard InChI is InChI=1S/C14H9Br2N3O/c15-10-7-6-9(20-10)14-18-12(11(16)13(17)19-14)8-4-2-1-3-5-8/h1-7H,(H2,17,18,19). The third kappa shape index (κ3) is 2.48. The summed E-state index contributed by atoms with van der Waals surface area (Å²) >= 11 is 6.70. The van der Waals surface area contributed by atoms with Gasteiger partial charge in [0.25, 0.3) is 0 Å². The van der Waals surface area contributed by atoms with Crippen LogP contribution in [0.3, 0.4) is 0 Å². The molecule has 0 radical (unpaired) electrons. The quantitative estimate of drug-likeness (QED) is 0.694. The topological polar surface area (TPSA) is 64.9 Å². The Morgan fingerprint density at radius 2 is 1.70 bits per heavy atom. The molecule has 0 unspecified atom stereocenters. The molecule has 3 rings (SSSR count). The lowest BCUT2D eigenvalue weighted by Crippen LogP contribution is -1.99. The number of rotatable bonds is 2. The minimum Gasteiger partial charge on any atom is -0.446 e. The first-order chi connectivity index (χ1) is 9.65. The summed E-state index contributed by atoms with van der Waals surface area (Å²) in [4.78, 5) is 8.78. The van der Waals surface area contributed by atoms with E-state index >= 15 is 0 Å². The van der Waals surface area contributed by atoms with Crippen molar-refractivity contribution < 1.29 is 4.42 Å². The van der Waals surface area contributed by atoms with Crippen LogP contribution in [0, 0.1) is 0 Å². The molecule has 0 spiro atoms. The zero-order valence-corrected chi connectivity index (χ0v) is 13.3. The predicted octanol–water partition coefficient (Wildman–Crippen LogP) is 4.51. The highest BCUT2D eigenvalue weighted by atomic mass is 79.9. The fourth-order valence-corrected chi connectivity index (χ4v) is 2.51. The molecule has 0 aliphatic carbocycles. The van der Waals surface area contributed by atoms with Crippen LogP contribution in [0.15, 0.2) is 56.0 Å². The van der Waals surface area contributed by atoms with Crippen LogP contribution in [0.5, 0.6) is 0 Å². The molecule has 0 atom stereocenters. The Balaban J connectivity index is 2.18. The van der Waals surface area contributed by atoms with Crippen LogP contribution >= 0.6 is 31.9 Å². The van der Waals surface area contributed by atoms with Crippen molar-refractivity contribution in [2.45, 2.75) is 0 Å². The number of nitrogen functional groups attached to an aromatic ring is 1. The number of hydrogen-bond donors (Lipinski definition) is 1. The normalized spacial score (nSPS) is 10.7. The van der Waals surface area contributed by atoms with Crippen LogP contribution in [0.2, 0.25) is 0 Å². The molecule has 0 aliphatic heterocycles. The third-order valence-corrected chi connectivity index (χ3v) is 3.93. The molecule has 0 aliphatic rings. The molecule has 0 bridgehead atoms. The number of anilines is 1. The lowest BCUT2D eigenvalue weighted by Gasteiger charge is -2.07. The second-order valence-corrected chi connectivity index (χ2v) is 5.64. The summed E-state index contributed by atoms with van der Waals surface area (Å²) in [6.07, 6.45) is 0. The van der Waals surface area contributed by atoms with E-state index in [0.29, 0.717) is 26.5 Å². The summed E-state index contributed by atoms with van der Waals surface area (Å²) < 4.78 is 6.78. The fraction of sp³-hybridized carbons (Fsp3) is 0. The summed E-state index contributed by atoms with van der Waals surface area (Å²) in [6, 6.07) is 13.4. The second-order valence-electron chi connectivity index (χ2n) is 4.06. The van der Waals surface area contributed by atoms with E-state index in [9.17, 15) is 0 Å². The first-order valence-electron chi connectivity index (χ1n) is 5.79. The van der Waals surface area contributed by atoms with E-state index in [0.717, 1.165) is 11.3 Å². The molecule has 1 aromatic carbocycles. The molecular formula is C14H9Br2N3O. The molecule has 3 aromatic rings. The van der Waals surface area contributed by atoms with Crippen LogP contribution in [0.4, 0.5) is 5.82 Å². The van der Waals surface area contributed by atoms with Gasteiger partial charge in [-0.05, 0) is 44.0 Å². The summed E-state index contributed by atoms with van der Waals surface area (Å²) in [5.74, 6) is 1.39. The number of nitrogens with two attached hydrogens (primary N) is 1. The number of benzene rings is 1. The van der Waals surface area contributed by atoms with Gasteiger partial charge in [0.2, 0.25) is 0 Å². The van der Waals surface area contributed by atoms with Crippen molar-refractivity contribution in [1.29, 1.82) is 0 Å². The monoisotopic (exact) mass is 393 g/mol. The molecule has 6 heteroatoms. The van der Waals surface area contributed by atoms with Gasteiger partial charge in [-0.1, -0.05) is 30.3 Å². The van der Waals surface area contributed by atoms with Gasteiger partial charge in [-0.25, -0.2) is 9.97 Å². The lowest BCUT2D eigenvalue weighted by molar-refractivity contribution is 0.551. The van der Waals surface area contributed by atoms with Gasteiger partial charge in [-0.3, -0.25) is 0 Å². The molecule has 4 nitrogen and oxygen atoms in total. The van der Waals surface area contributed by atoms with Crippen molar-refractivity contribution in [2.24, 2.45) is 0 Å². The Morgan fingerprint density at radius 1 is 0.950 bits per heavy atom. The number of halogens is 2. The van der Waals surface area contributed by atoms with Gasteiger partial charge in [-0.2, -0.15) is 0 Å². The highest BCUT2D eigenvalue weighted by molar-refractivity contribution is 9.10. The molecular weight excluding hydrogens is 386 g/mol. The molecule has 0 saturated heterocycles. The van der Waals surface area contributed by atoms with Gasteiger partial charge >= 0.3 is 0 Å². The van der Waals surface area contributed by atoms with E-state index in [2.05, 4.69) is 41.8 Å². The third-order valence-electron chi connectivity index (χ3n) is 2.72. The second kappa shape index (κ2) is 5.38. The molecule has 0 saturated carbocycles. The van der Waals surface area contributed by atoms with Crippen LogP contribution in [0.1, 0.15) is 0 Å². The molecule has 0 amide bonds. The summed E-state index contributed by atoms with van der Waals surface area (Å²) in [5.41, 5.74) is 7.65. The largest absolute Gasteiger partial charge is 0.446 e. The van der Waals surface area contributed by atoms with Crippen LogP contribution in [-0.2, 0) is 0 Å². The Hall–Kier alpha value is -1.66. The highest BCUT2D eigenvalue weighted by Crippen LogP contribution is 2.33. The Kier molecular flexibility index (Phi) is 3.58. The van der Waals surface area contributed by atoms with Crippen LogP contribution in [0.25, 0.3) is 22.8 Å². The summed E-state index contributed by atoms with van der Waals surface area (Å²) in [7, 11) is 0. The predicted molar refractivity (Wildman–Crippen MR) is 85.0 cm³/mol. The SMILES string of the molecule is Nc1nc(-c2ccc(Br)o2)nc(-c2ccccc2)c1Br. The molecule has 2 aromatic heterocycles. The molecule has 2 N–H and O–H groups in total. The zero-order valence-electron chi connectivity index (χ0n) is 10.2. The fourth-order valence-electron chi connectivity index (χ4n) is 1.80. The van der Waals surface area contributed by atoms with Crippen molar-refractivity contribution in [3.8, 4) is 22.8 Å². The first kappa shape index (κ1) is 13.3. The maximum atomic E-state index is 5.95. The zero-order chi connectivity index (χ0) is 14.1. The van der Waals surface area contributed by atoms with Gasteiger partial charge < -0.3 is 10.2 Å². The van der Waals surface area contributed by atoms with E-state index in [1.165, 1.54) is 0 Å². The lowest BCUT2D eigenvalue weighted by atomic mass is 10.1. The minimum atomic E-state index is 0.376. The summed E-state index contributed by atoms with van der Waals surface area (Å²) in [5, 5.41) is 0. The first-order valence-corrected chi connectivity index (χ1v) is 7.38. The van der Waals surface area contributed by atoms with E-state index in [4.69, 9.17) is 10.2 Å². The Morgan fingerprint density at radius 3 is 2.35 bits per heavy atom. The van der Waals surface area contributed by atoms with Gasteiger partial charge in [0.1, 0.15) is 5.82 Å². The van der Waals surface area contributed by atoms with E-state index in [1.54, 1.807) is 12.1 Å². The van der Waals surface area contributed by atoms with Crippen molar-refractivity contribution in [3.63, 3.8) is 0 Å².